The van der Waals surface area contributed by atoms with Crippen LogP contribution in [-0.2, 0) is 4.79 Å². The van der Waals surface area contributed by atoms with E-state index < -0.39 is 0 Å². The Hall–Kier alpha value is -0.610. The molecule has 4 heteroatoms. The van der Waals surface area contributed by atoms with Gasteiger partial charge in [0.25, 0.3) is 0 Å². The van der Waals surface area contributed by atoms with Crippen molar-refractivity contribution in [2.75, 3.05) is 45.8 Å². The fraction of sp³-hybridized carbons (Fsp3) is 0.941. The summed E-state index contributed by atoms with van der Waals surface area (Å²) >= 11 is 0. The van der Waals surface area contributed by atoms with Crippen molar-refractivity contribution in [1.82, 2.24) is 15.1 Å². The average Bonchev–Trinajstić information content (AvgIpc) is 2.51. The zero-order valence-corrected chi connectivity index (χ0v) is 14.2. The quantitative estimate of drug-likeness (QED) is 0.595. The predicted octanol–water partition coefficient (Wildman–Crippen LogP) is 2.49. The van der Waals surface area contributed by atoms with E-state index in [0.717, 1.165) is 58.5 Å². The highest BCUT2D eigenvalue weighted by Gasteiger charge is 2.19. The number of piperazine rings is 1. The number of unbranched alkanes of at least 4 members (excludes halogenated alkanes) is 4. The molecule has 0 atom stereocenters. The number of hydrogen-bond donors (Lipinski definition) is 1. The lowest BCUT2D eigenvalue weighted by atomic mass is 10.1. The first-order chi connectivity index (χ1) is 10.3. The minimum absolute atomic E-state index is 0.367. The van der Waals surface area contributed by atoms with Gasteiger partial charge in [-0.05, 0) is 38.9 Å². The van der Waals surface area contributed by atoms with Crippen molar-refractivity contribution in [1.29, 1.82) is 0 Å². The van der Waals surface area contributed by atoms with Gasteiger partial charge in [-0.25, -0.2) is 0 Å². The van der Waals surface area contributed by atoms with Crippen LogP contribution >= 0.6 is 0 Å². The molecule has 0 saturated carbocycles. The summed E-state index contributed by atoms with van der Waals surface area (Å²) in [5.74, 6) is 0.367. The van der Waals surface area contributed by atoms with E-state index in [1.54, 1.807) is 0 Å². The van der Waals surface area contributed by atoms with E-state index in [0.29, 0.717) is 5.91 Å². The van der Waals surface area contributed by atoms with Crippen LogP contribution in [0.2, 0.25) is 0 Å². The van der Waals surface area contributed by atoms with Crippen molar-refractivity contribution in [3.8, 4) is 0 Å². The Morgan fingerprint density at radius 2 is 1.71 bits per heavy atom. The second-order valence-electron chi connectivity index (χ2n) is 6.09. The average molecular weight is 297 g/mol. The van der Waals surface area contributed by atoms with Crippen LogP contribution in [0.4, 0.5) is 0 Å². The first-order valence-electron chi connectivity index (χ1n) is 8.98. The van der Waals surface area contributed by atoms with Crippen LogP contribution in [0.5, 0.6) is 0 Å². The lowest BCUT2D eigenvalue weighted by Gasteiger charge is -2.34. The lowest BCUT2D eigenvalue weighted by molar-refractivity contribution is -0.133. The van der Waals surface area contributed by atoms with Crippen molar-refractivity contribution in [2.45, 2.75) is 58.8 Å². The van der Waals surface area contributed by atoms with Crippen LogP contribution in [0, 0.1) is 0 Å². The number of hydrogen-bond acceptors (Lipinski definition) is 3. The highest BCUT2D eigenvalue weighted by atomic mass is 16.2. The third-order valence-electron chi connectivity index (χ3n) is 4.30. The number of carbonyl (C=O) groups excluding carboxylic acids is 1. The fourth-order valence-electron chi connectivity index (χ4n) is 2.84. The Morgan fingerprint density at radius 3 is 2.38 bits per heavy atom. The molecule has 1 aliphatic rings. The number of amides is 1. The summed E-state index contributed by atoms with van der Waals surface area (Å²) in [6.07, 6.45) is 8.04. The Morgan fingerprint density at radius 1 is 0.952 bits per heavy atom. The van der Waals surface area contributed by atoms with Gasteiger partial charge in [0, 0.05) is 32.6 Å². The molecule has 0 aliphatic carbocycles. The van der Waals surface area contributed by atoms with Gasteiger partial charge >= 0.3 is 0 Å². The highest BCUT2D eigenvalue weighted by molar-refractivity contribution is 5.76. The van der Waals surface area contributed by atoms with Crippen molar-refractivity contribution >= 4 is 5.91 Å². The Labute approximate surface area is 131 Å². The third-order valence-corrected chi connectivity index (χ3v) is 4.30. The molecule has 1 aliphatic heterocycles. The first-order valence-corrected chi connectivity index (χ1v) is 8.98. The summed E-state index contributed by atoms with van der Waals surface area (Å²) < 4.78 is 0. The number of carbonyl (C=O) groups is 1. The Balaban J connectivity index is 2.03. The molecule has 0 unspecified atom stereocenters. The van der Waals surface area contributed by atoms with Crippen LogP contribution in [-0.4, -0.2) is 61.5 Å². The standard InChI is InChI=1S/C17H35N3O/c1-3-5-9-12-19-13-15-20(16-14-19)17(21)10-7-6-8-11-18-4-2/h18H,3-16H2,1-2H3. The van der Waals surface area contributed by atoms with Crippen molar-refractivity contribution in [3.05, 3.63) is 0 Å². The van der Waals surface area contributed by atoms with Gasteiger partial charge in [-0.1, -0.05) is 33.1 Å². The maximum absolute atomic E-state index is 12.1. The Bertz CT molecular complexity index is 263. The van der Waals surface area contributed by atoms with Gasteiger partial charge in [0.05, 0.1) is 0 Å². The Kier molecular flexibility index (Phi) is 10.5. The molecule has 0 radical (unpaired) electrons. The summed E-state index contributed by atoms with van der Waals surface area (Å²) in [5, 5.41) is 3.32. The zero-order chi connectivity index (χ0) is 15.3. The van der Waals surface area contributed by atoms with Gasteiger partial charge in [-0.15, -0.1) is 0 Å². The molecule has 0 aromatic carbocycles. The third kappa shape index (κ3) is 8.42. The van der Waals surface area contributed by atoms with Gasteiger partial charge < -0.3 is 10.2 Å². The van der Waals surface area contributed by atoms with E-state index in [2.05, 4.69) is 29.0 Å². The van der Waals surface area contributed by atoms with Crippen molar-refractivity contribution < 1.29 is 4.79 Å². The summed E-state index contributed by atoms with van der Waals surface area (Å²) in [6.45, 7) is 11.7. The molecule has 21 heavy (non-hydrogen) atoms. The minimum atomic E-state index is 0.367. The van der Waals surface area contributed by atoms with E-state index in [9.17, 15) is 4.79 Å². The molecule has 1 amide bonds. The largest absolute Gasteiger partial charge is 0.340 e. The van der Waals surface area contributed by atoms with E-state index in [-0.39, 0.29) is 0 Å². The molecule has 0 aromatic heterocycles. The van der Waals surface area contributed by atoms with Gasteiger partial charge in [-0.3, -0.25) is 9.69 Å². The molecule has 1 fully saturated rings. The second kappa shape index (κ2) is 12.0. The van der Waals surface area contributed by atoms with Crippen LogP contribution < -0.4 is 5.32 Å². The molecular formula is C17H35N3O. The second-order valence-corrected chi connectivity index (χ2v) is 6.09. The van der Waals surface area contributed by atoms with Crippen molar-refractivity contribution in [3.63, 3.8) is 0 Å². The number of nitrogens with zero attached hydrogens (tertiary/aromatic N) is 2. The van der Waals surface area contributed by atoms with Gasteiger partial charge in [0.15, 0.2) is 0 Å². The molecule has 0 bridgehead atoms. The molecule has 0 aromatic rings. The zero-order valence-electron chi connectivity index (χ0n) is 14.2. The smallest absolute Gasteiger partial charge is 0.222 e. The summed E-state index contributed by atoms with van der Waals surface area (Å²) in [7, 11) is 0. The molecule has 4 nitrogen and oxygen atoms in total. The van der Waals surface area contributed by atoms with Crippen LogP contribution in [0.15, 0.2) is 0 Å². The normalized spacial score (nSPS) is 16.4. The molecule has 0 spiro atoms. The topological polar surface area (TPSA) is 35.6 Å². The van der Waals surface area contributed by atoms with E-state index >= 15 is 0 Å². The predicted molar refractivity (Wildman–Crippen MR) is 89.6 cm³/mol. The van der Waals surface area contributed by atoms with Crippen LogP contribution in [0.3, 0.4) is 0 Å². The lowest BCUT2D eigenvalue weighted by Crippen LogP contribution is -2.48. The van der Waals surface area contributed by atoms with Crippen molar-refractivity contribution in [2.24, 2.45) is 0 Å². The van der Waals surface area contributed by atoms with Gasteiger partial charge in [0.2, 0.25) is 5.91 Å². The summed E-state index contributed by atoms with van der Waals surface area (Å²) in [5.41, 5.74) is 0. The highest BCUT2D eigenvalue weighted by Crippen LogP contribution is 2.08. The monoisotopic (exact) mass is 297 g/mol. The van der Waals surface area contributed by atoms with Crippen LogP contribution in [0.1, 0.15) is 58.8 Å². The minimum Gasteiger partial charge on any atom is -0.340 e. The van der Waals surface area contributed by atoms with Gasteiger partial charge in [0.1, 0.15) is 0 Å². The molecule has 1 rings (SSSR count). The van der Waals surface area contributed by atoms with E-state index in [1.807, 2.05) is 0 Å². The van der Waals surface area contributed by atoms with E-state index in [1.165, 1.54) is 32.2 Å². The SMILES string of the molecule is CCCCCN1CCN(C(=O)CCCCCNCC)CC1. The number of nitrogens with one attached hydrogen (secondary N) is 1. The molecule has 1 N–H and O–H groups in total. The first kappa shape index (κ1) is 18.4. The molecular weight excluding hydrogens is 262 g/mol. The van der Waals surface area contributed by atoms with Gasteiger partial charge in [-0.2, -0.15) is 0 Å². The summed E-state index contributed by atoms with van der Waals surface area (Å²) in [6, 6.07) is 0. The fourth-order valence-corrected chi connectivity index (χ4v) is 2.84. The number of rotatable bonds is 11. The summed E-state index contributed by atoms with van der Waals surface area (Å²) in [4.78, 5) is 16.7. The molecule has 1 saturated heterocycles. The molecule has 124 valence electrons. The maximum atomic E-state index is 12.1. The maximum Gasteiger partial charge on any atom is 0.222 e. The van der Waals surface area contributed by atoms with E-state index in [4.69, 9.17) is 0 Å². The molecule has 1 heterocycles. The van der Waals surface area contributed by atoms with Crippen LogP contribution in [0.25, 0.3) is 0 Å².